The van der Waals surface area contributed by atoms with Gasteiger partial charge in [-0.1, -0.05) is 49.0 Å². The number of benzene rings is 3. The third-order valence-corrected chi connectivity index (χ3v) is 6.24. The molecule has 0 fully saturated rings. The van der Waals surface area contributed by atoms with Crippen molar-refractivity contribution in [2.24, 2.45) is 0 Å². The fraction of sp³-hybridized carbons (Fsp3) is 0.133. The summed E-state index contributed by atoms with van der Waals surface area (Å²) in [5.41, 5.74) is 2.98. The number of halogens is 1. The zero-order valence-corrected chi connectivity index (χ0v) is 21.5. The number of rotatable bonds is 9. The molecule has 9 heteroatoms. The van der Waals surface area contributed by atoms with Crippen LogP contribution in [0.2, 0.25) is 0 Å². The molecule has 0 N–H and O–H groups in total. The van der Waals surface area contributed by atoms with E-state index in [9.17, 15) is 0 Å². The molecule has 3 aromatic carbocycles. The van der Waals surface area contributed by atoms with Gasteiger partial charge in [-0.3, -0.25) is 0 Å². The summed E-state index contributed by atoms with van der Waals surface area (Å²) in [7, 11) is 3.25. The molecule has 5 rings (SSSR count). The maximum Gasteiger partial charge on any atom is 0.222 e. The molecule has 8 nitrogen and oxygen atoms in total. The molecule has 0 aliphatic heterocycles. The predicted molar refractivity (Wildman–Crippen MR) is 148 cm³/mol. The van der Waals surface area contributed by atoms with Gasteiger partial charge in [-0.2, -0.15) is 0 Å². The molecule has 39 heavy (non-hydrogen) atoms. The highest BCUT2D eigenvalue weighted by Gasteiger charge is 2.21. The predicted octanol–water partition coefficient (Wildman–Crippen LogP) is 6.35. The Morgan fingerprint density at radius 2 is 1.56 bits per heavy atom. The van der Waals surface area contributed by atoms with E-state index >= 15 is 4.39 Å². The van der Waals surface area contributed by atoms with Crippen LogP contribution < -0.4 is 14.4 Å². The van der Waals surface area contributed by atoms with Gasteiger partial charge in [-0.15, -0.1) is 5.10 Å². The first-order valence-corrected chi connectivity index (χ1v) is 12.1. The summed E-state index contributed by atoms with van der Waals surface area (Å²) in [6.45, 7) is 12.1. The quantitative estimate of drug-likeness (QED) is 0.211. The number of ether oxygens (including phenoxy) is 2. The van der Waals surface area contributed by atoms with Crippen molar-refractivity contribution < 1.29 is 13.9 Å². The number of fused-ring (bicyclic) bond motifs is 1. The van der Waals surface area contributed by atoms with Crippen molar-refractivity contribution >= 4 is 23.2 Å². The Morgan fingerprint density at radius 1 is 0.949 bits per heavy atom. The van der Waals surface area contributed by atoms with Crippen molar-refractivity contribution in [2.45, 2.75) is 13.1 Å². The highest BCUT2D eigenvalue weighted by atomic mass is 19.1. The largest absolute Gasteiger partial charge is 0.497 e. The lowest BCUT2D eigenvalue weighted by molar-refractivity contribution is 0.414. The maximum atomic E-state index is 15.2. The van der Waals surface area contributed by atoms with Gasteiger partial charge >= 0.3 is 0 Å². The molecule has 2 aromatic heterocycles. The Hall–Kier alpha value is -5.23. The van der Waals surface area contributed by atoms with E-state index in [0.717, 1.165) is 22.6 Å². The normalized spacial score (nSPS) is 10.7. The lowest BCUT2D eigenvalue weighted by atomic mass is 10.1. The highest BCUT2D eigenvalue weighted by molar-refractivity contribution is 5.73. The summed E-state index contributed by atoms with van der Waals surface area (Å²) in [4.78, 5) is 14.9. The number of hydrogen-bond donors (Lipinski definition) is 0. The molecule has 0 aliphatic carbocycles. The Morgan fingerprint density at radius 3 is 2.10 bits per heavy atom. The summed E-state index contributed by atoms with van der Waals surface area (Å²) < 4.78 is 27.5. The van der Waals surface area contributed by atoms with E-state index in [1.54, 1.807) is 43.1 Å². The van der Waals surface area contributed by atoms with Gasteiger partial charge in [-0.25, -0.2) is 23.7 Å². The number of anilines is 1. The van der Waals surface area contributed by atoms with E-state index in [-0.39, 0.29) is 11.3 Å². The van der Waals surface area contributed by atoms with Gasteiger partial charge in [0.25, 0.3) is 0 Å². The van der Waals surface area contributed by atoms with Crippen molar-refractivity contribution in [1.29, 1.82) is 0 Å². The van der Waals surface area contributed by atoms with Crippen molar-refractivity contribution in [3.05, 3.63) is 114 Å². The van der Waals surface area contributed by atoms with Crippen LogP contribution in [0.5, 0.6) is 11.5 Å². The second kappa shape index (κ2) is 11.0. The van der Waals surface area contributed by atoms with E-state index in [4.69, 9.17) is 21.0 Å². The van der Waals surface area contributed by atoms with Crippen LogP contribution in [0.25, 0.3) is 27.8 Å². The lowest BCUT2D eigenvalue weighted by Gasteiger charge is -2.25. The topological polar surface area (TPSA) is 69.1 Å². The number of aromatic nitrogens is 4. The molecule has 0 aliphatic rings. The van der Waals surface area contributed by atoms with E-state index < -0.39 is 5.82 Å². The molecule has 0 saturated heterocycles. The van der Waals surface area contributed by atoms with Crippen LogP contribution >= 0.6 is 0 Å². The fourth-order valence-corrected chi connectivity index (χ4v) is 4.23. The van der Waals surface area contributed by atoms with Gasteiger partial charge in [0.1, 0.15) is 17.3 Å². The maximum absolute atomic E-state index is 15.2. The first-order chi connectivity index (χ1) is 19.0. The van der Waals surface area contributed by atoms with Gasteiger partial charge in [0, 0.05) is 18.7 Å². The average Bonchev–Trinajstić information content (AvgIpc) is 3.41. The molecule has 0 atom stereocenters. The van der Waals surface area contributed by atoms with Gasteiger partial charge in [0.2, 0.25) is 5.69 Å². The van der Waals surface area contributed by atoms with Crippen LogP contribution in [0.1, 0.15) is 17.0 Å². The SMILES string of the molecule is [C-]#[N+]c1cccc(-c2cn3nc(C=C)nc3c(N(Cc3ccc(OC)cc3)Cc3ccc(OC)cc3)n2)c1F. The Labute approximate surface area is 225 Å². The molecular weight excluding hydrogens is 495 g/mol. The second-order valence-electron chi connectivity index (χ2n) is 8.69. The fourth-order valence-electron chi connectivity index (χ4n) is 4.23. The molecule has 0 saturated carbocycles. The van der Waals surface area contributed by atoms with Gasteiger partial charge in [-0.05, 0) is 41.5 Å². The molecule has 0 unspecified atom stereocenters. The summed E-state index contributed by atoms with van der Waals surface area (Å²) in [5, 5.41) is 4.50. The lowest BCUT2D eigenvalue weighted by Crippen LogP contribution is -2.24. The van der Waals surface area contributed by atoms with Crippen molar-refractivity contribution in [3.63, 3.8) is 0 Å². The highest BCUT2D eigenvalue weighted by Crippen LogP contribution is 2.32. The monoisotopic (exact) mass is 520 g/mol. The van der Waals surface area contributed by atoms with Crippen LogP contribution in [0.3, 0.4) is 0 Å². The van der Waals surface area contributed by atoms with E-state index in [1.165, 1.54) is 6.07 Å². The zero-order chi connectivity index (χ0) is 27.4. The van der Waals surface area contributed by atoms with E-state index in [2.05, 4.69) is 26.4 Å². The standard InChI is InChI=1S/C30H25FN6O2/c1-5-27-34-30-29(33-26(19-37(30)35-27)24-7-6-8-25(32-2)28(24)31)36(17-20-9-13-22(38-3)14-10-20)18-21-11-15-23(39-4)16-12-21/h5-16,19H,1,17-18H2,3-4H3. The molecule has 0 amide bonds. The van der Waals surface area contributed by atoms with Crippen molar-refractivity contribution in [2.75, 3.05) is 19.1 Å². The van der Waals surface area contributed by atoms with E-state index in [0.29, 0.717) is 36.1 Å². The second-order valence-corrected chi connectivity index (χ2v) is 8.69. The number of methoxy groups -OCH3 is 2. The van der Waals surface area contributed by atoms with Crippen LogP contribution in [0, 0.1) is 12.4 Å². The van der Waals surface area contributed by atoms with Gasteiger partial charge < -0.3 is 14.4 Å². The Balaban J connectivity index is 1.67. The minimum absolute atomic E-state index is 0.0744. The smallest absolute Gasteiger partial charge is 0.222 e. The van der Waals surface area contributed by atoms with Gasteiger partial charge in [0.05, 0.1) is 32.7 Å². The van der Waals surface area contributed by atoms with Crippen LogP contribution in [-0.4, -0.2) is 33.8 Å². The molecule has 2 heterocycles. The minimum atomic E-state index is -0.633. The van der Waals surface area contributed by atoms with Crippen LogP contribution in [0.15, 0.2) is 79.5 Å². The Bertz CT molecular complexity index is 1620. The number of hydrogen-bond acceptors (Lipinski definition) is 6. The summed E-state index contributed by atoms with van der Waals surface area (Å²) in [6.07, 6.45) is 3.16. The molecule has 0 bridgehead atoms. The van der Waals surface area contributed by atoms with Crippen LogP contribution in [0.4, 0.5) is 15.9 Å². The van der Waals surface area contributed by atoms with Gasteiger partial charge in [0.15, 0.2) is 17.3 Å². The Kier molecular flexibility index (Phi) is 7.19. The minimum Gasteiger partial charge on any atom is -0.497 e. The first-order valence-electron chi connectivity index (χ1n) is 12.1. The first kappa shape index (κ1) is 25.4. The van der Waals surface area contributed by atoms with Crippen molar-refractivity contribution in [3.8, 4) is 22.8 Å². The molecule has 0 spiro atoms. The molecular formula is C30H25FN6O2. The van der Waals surface area contributed by atoms with Crippen molar-refractivity contribution in [1.82, 2.24) is 19.6 Å². The summed E-state index contributed by atoms with van der Waals surface area (Å²) in [6, 6.07) is 20.2. The average molecular weight is 521 g/mol. The zero-order valence-electron chi connectivity index (χ0n) is 21.5. The molecule has 5 aromatic rings. The van der Waals surface area contributed by atoms with Crippen LogP contribution in [-0.2, 0) is 13.1 Å². The third kappa shape index (κ3) is 5.26. The number of nitrogens with zero attached hydrogens (tertiary/aromatic N) is 6. The van der Waals surface area contributed by atoms with E-state index in [1.807, 2.05) is 48.5 Å². The summed E-state index contributed by atoms with van der Waals surface area (Å²) in [5.74, 6) is 1.80. The summed E-state index contributed by atoms with van der Waals surface area (Å²) >= 11 is 0. The third-order valence-electron chi connectivity index (χ3n) is 6.24. The molecule has 0 radical (unpaired) electrons. The molecule has 194 valence electrons.